The van der Waals surface area contributed by atoms with Crippen molar-refractivity contribution in [2.45, 2.75) is 19.8 Å². The summed E-state index contributed by atoms with van der Waals surface area (Å²) >= 11 is 0. The summed E-state index contributed by atoms with van der Waals surface area (Å²) < 4.78 is 5.19. The van der Waals surface area contributed by atoms with Crippen LogP contribution in [0.25, 0.3) is 11.1 Å². The highest BCUT2D eigenvalue weighted by Gasteiger charge is 2.15. The number of methoxy groups -OCH3 is 1. The smallest absolute Gasteiger partial charge is 0.225 e. The van der Waals surface area contributed by atoms with Gasteiger partial charge in [0.05, 0.1) is 7.11 Å². The Hall–Kier alpha value is -3.08. The van der Waals surface area contributed by atoms with Gasteiger partial charge >= 0.3 is 0 Å². The maximum atomic E-state index is 12.3. The van der Waals surface area contributed by atoms with Crippen molar-refractivity contribution in [1.82, 2.24) is 10.2 Å². The van der Waals surface area contributed by atoms with E-state index >= 15 is 0 Å². The van der Waals surface area contributed by atoms with Gasteiger partial charge in [-0.2, -0.15) is 5.10 Å². The van der Waals surface area contributed by atoms with Gasteiger partial charge in [-0.15, -0.1) is 0 Å². The molecule has 0 aliphatic heterocycles. The Morgan fingerprint density at radius 3 is 2.52 bits per heavy atom. The van der Waals surface area contributed by atoms with Crippen LogP contribution in [0.1, 0.15) is 17.7 Å². The highest BCUT2D eigenvalue weighted by molar-refractivity contribution is 5.94. The second-order valence-corrected chi connectivity index (χ2v) is 5.83. The maximum absolute atomic E-state index is 12.3. The van der Waals surface area contributed by atoms with E-state index in [2.05, 4.69) is 15.5 Å². The molecule has 25 heavy (non-hydrogen) atoms. The summed E-state index contributed by atoms with van der Waals surface area (Å²) in [6.07, 6.45) is 1.12. The zero-order valence-electron chi connectivity index (χ0n) is 14.4. The number of aromatic nitrogens is 2. The zero-order chi connectivity index (χ0) is 17.6. The number of carbonyl (C=O) groups excluding carboxylic acids is 1. The molecule has 0 saturated carbocycles. The molecule has 2 aromatic carbocycles. The Bertz CT molecular complexity index is 839. The molecule has 5 heteroatoms. The third-order valence-corrected chi connectivity index (χ3v) is 4.07. The third kappa shape index (κ3) is 4.07. The molecule has 0 atom stereocenters. The number of rotatable bonds is 6. The van der Waals surface area contributed by atoms with Crippen molar-refractivity contribution in [3.8, 4) is 16.9 Å². The maximum Gasteiger partial charge on any atom is 0.225 e. The molecule has 1 amide bonds. The summed E-state index contributed by atoms with van der Waals surface area (Å²) in [5.41, 5.74) is 3.93. The first-order valence-corrected chi connectivity index (χ1v) is 8.20. The van der Waals surface area contributed by atoms with Crippen LogP contribution in [0.3, 0.4) is 0 Å². The molecule has 0 aliphatic carbocycles. The number of aromatic amines is 1. The first-order chi connectivity index (χ1) is 12.2. The van der Waals surface area contributed by atoms with Gasteiger partial charge in [0.2, 0.25) is 5.91 Å². The summed E-state index contributed by atoms with van der Waals surface area (Å²) in [5, 5.41) is 10.1. The number of ether oxygens (including phenoxy) is 1. The number of nitrogens with one attached hydrogen (secondary N) is 2. The predicted octanol–water partition coefficient (Wildman–Crippen LogP) is 3.97. The van der Waals surface area contributed by atoms with Crippen molar-refractivity contribution in [2.24, 2.45) is 0 Å². The highest BCUT2D eigenvalue weighted by atomic mass is 16.5. The molecule has 5 nitrogen and oxygen atoms in total. The van der Waals surface area contributed by atoms with E-state index in [-0.39, 0.29) is 5.91 Å². The SMILES string of the molecule is COc1ccc(-c2c(NC(=O)CCc3ccccc3)n[nH]c2C)cc1. The van der Waals surface area contributed by atoms with Crippen molar-refractivity contribution in [1.29, 1.82) is 0 Å². The van der Waals surface area contributed by atoms with E-state index in [0.717, 1.165) is 28.1 Å². The molecule has 128 valence electrons. The number of benzene rings is 2. The van der Waals surface area contributed by atoms with Crippen molar-refractivity contribution < 1.29 is 9.53 Å². The number of amides is 1. The fourth-order valence-corrected chi connectivity index (χ4v) is 2.73. The van der Waals surface area contributed by atoms with Crippen LogP contribution in [0, 0.1) is 6.92 Å². The van der Waals surface area contributed by atoms with Gasteiger partial charge in [-0.25, -0.2) is 0 Å². The van der Waals surface area contributed by atoms with Crippen LogP contribution in [-0.4, -0.2) is 23.2 Å². The molecular weight excluding hydrogens is 314 g/mol. The van der Waals surface area contributed by atoms with Gasteiger partial charge in [0.25, 0.3) is 0 Å². The molecular formula is C20H21N3O2. The first-order valence-electron chi connectivity index (χ1n) is 8.20. The van der Waals surface area contributed by atoms with E-state index in [9.17, 15) is 4.79 Å². The topological polar surface area (TPSA) is 67.0 Å². The van der Waals surface area contributed by atoms with E-state index < -0.39 is 0 Å². The van der Waals surface area contributed by atoms with Gasteiger partial charge in [0.15, 0.2) is 5.82 Å². The van der Waals surface area contributed by atoms with E-state index in [0.29, 0.717) is 18.7 Å². The van der Waals surface area contributed by atoms with Crippen LogP contribution in [0.5, 0.6) is 5.75 Å². The van der Waals surface area contributed by atoms with Gasteiger partial charge in [0.1, 0.15) is 5.75 Å². The second kappa shape index (κ2) is 7.66. The fraction of sp³-hybridized carbons (Fsp3) is 0.200. The van der Waals surface area contributed by atoms with Crippen molar-refractivity contribution in [3.63, 3.8) is 0 Å². The van der Waals surface area contributed by atoms with Crippen molar-refractivity contribution in [2.75, 3.05) is 12.4 Å². The molecule has 3 rings (SSSR count). The lowest BCUT2D eigenvalue weighted by molar-refractivity contribution is -0.116. The lowest BCUT2D eigenvalue weighted by Gasteiger charge is -2.07. The summed E-state index contributed by atoms with van der Waals surface area (Å²) in [4.78, 5) is 12.3. The first kappa shape index (κ1) is 16.8. The molecule has 1 heterocycles. The summed E-state index contributed by atoms with van der Waals surface area (Å²) in [7, 11) is 1.64. The Morgan fingerprint density at radius 2 is 1.84 bits per heavy atom. The van der Waals surface area contributed by atoms with Gasteiger partial charge < -0.3 is 10.1 Å². The van der Waals surface area contributed by atoms with E-state index in [1.165, 1.54) is 0 Å². The number of hydrogen-bond acceptors (Lipinski definition) is 3. The van der Waals surface area contributed by atoms with Crippen molar-refractivity contribution in [3.05, 3.63) is 65.9 Å². The lowest BCUT2D eigenvalue weighted by atomic mass is 10.1. The van der Waals surface area contributed by atoms with E-state index in [1.54, 1.807) is 7.11 Å². The highest BCUT2D eigenvalue weighted by Crippen LogP contribution is 2.30. The van der Waals surface area contributed by atoms with E-state index in [1.807, 2.05) is 61.5 Å². The number of nitrogens with zero attached hydrogens (tertiary/aromatic N) is 1. The van der Waals surface area contributed by atoms with E-state index in [4.69, 9.17) is 4.74 Å². The molecule has 0 saturated heterocycles. The Morgan fingerprint density at radius 1 is 1.12 bits per heavy atom. The predicted molar refractivity (Wildman–Crippen MR) is 98.7 cm³/mol. The molecule has 0 bridgehead atoms. The molecule has 0 aliphatic rings. The minimum absolute atomic E-state index is 0.0508. The number of aryl methyl sites for hydroxylation is 2. The van der Waals surface area contributed by atoms with Crippen LogP contribution < -0.4 is 10.1 Å². The monoisotopic (exact) mass is 335 g/mol. The lowest BCUT2D eigenvalue weighted by Crippen LogP contribution is -2.13. The normalized spacial score (nSPS) is 10.5. The van der Waals surface area contributed by atoms with Gasteiger partial charge in [0, 0.05) is 17.7 Å². The minimum Gasteiger partial charge on any atom is -0.497 e. The van der Waals surface area contributed by atoms with Gasteiger partial charge in [-0.3, -0.25) is 9.89 Å². The molecule has 2 N–H and O–H groups in total. The van der Waals surface area contributed by atoms with Crippen LogP contribution >= 0.6 is 0 Å². The van der Waals surface area contributed by atoms with Crippen LogP contribution in [0.2, 0.25) is 0 Å². The largest absolute Gasteiger partial charge is 0.497 e. The summed E-state index contributed by atoms with van der Waals surface area (Å²) in [5.74, 6) is 1.30. The fourth-order valence-electron chi connectivity index (χ4n) is 2.73. The zero-order valence-corrected chi connectivity index (χ0v) is 14.4. The second-order valence-electron chi connectivity index (χ2n) is 5.83. The van der Waals surface area contributed by atoms with Crippen molar-refractivity contribution >= 4 is 11.7 Å². The summed E-state index contributed by atoms with van der Waals surface area (Å²) in [6.45, 7) is 1.94. The molecule has 3 aromatic rings. The Labute approximate surface area is 147 Å². The minimum atomic E-state index is -0.0508. The average Bonchev–Trinajstić information content (AvgIpc) is 3.01. The number of anilines is 1. The molecule has 0 fully saturated rings. The standard InChI is InChI=1S/C20H21N3O2/c1-14-19(16-9-11-17(25-2)12-10-16)20(23-22-14)21-18(24)13-8-15-6-4-3-5-7-15/h3-7,9-12H,8,13H2,1-2H3,(H2,21,22,23,24). The Balaban J connectivity index is 1.71. The van der Waals surface area contributed by atoms with Gasteiger partial charge in [-0.1, -0.05) is 42.5 Å². The quantitative estimate of drug-likeness (QED) is 0.716. The molecule has 0 unspecified atom stereocenters. The number of carbonyl (C=O) groups is 1. The molecule has 0 radical (unpaired) electrons. The molecule has 0 spiro atoms. The molecule has 1 aromatic heterocycles. The van der Waals surface area contributed by atoms with Crippen LogP contribution in [-0.2, 0) is 11.2 Å². The van der Waals surface area contributed by atoms with Crippen LogP contribution in [0.15, 0.2) is 54.6 Å². The van der Waals surface area contributed by atoms with Gasteiger partial charge in [-0.05, 0) is 36.6 Å². The Kier molecular flexibility index (Phi) is 5.14. The summed E-state index contributed by atoms with van der Waals surface area (Å²) in [6, 6.07) is 17.7. The number of H-pyrrole nitrogens is 1. The average molecular weight is 335 g/mol. The third-order valence-electron chi connectivity index (χ3n) is 4.07. The van der Waals surface area contributed by atoms with Crippen LogP contribution in [0.4, 0.5) is 5.82 Å². The number of hydrogen-bond donors (Lipinski definition) is 2.